The molecule has 3 saturated heterocycles. The maximum absolute atomic E-state index is 10.7. The first kappa shape index (κ1) is 25.1. The van der Waals surface area contributed by atoms with Crippen molar-refractivity contribution in [3.05, 3.63) is 0 Å². The summed E-state index contributed by atoms with van der Waals surface area (Å²) in [6.45, 7) is -1.28. The molecule has 0 amide bonds. The Kier molecular flexibility index (Phi) is 8.56. The van der Waals surface area contributed by atoms with Crippen LogP contribution in [0.25, 0.3) is 0 Å². The summed E-state index contributed by atoms with van der Waals surface area (Å²) in [5.41, 5.74) is 11.8. The molecule has 0 saturated carbocycles. The molecule has 0 aromatic rings. The summed E-state index contributed by atoms with van der Waals surface area (Å²) < 4.78 is 27.5. The zero-order valence-corrected chi connectivity index (χ0v) is 16.7. The Morgan fingerprint density at radius 2 is 1.35 bits per heavy atom. The molecule has 13 atom stereocenters. The van der Waals surface area contributed by atoms with Gasteiger partial charge in [0.25, 0.3) is 0 Å². The van der Waals surface area contributed by atoms with Gasteiger partial charge in [0.05, 0.1) is 25.9 Å². The highest BCUT2D eigenvalue weighted by atomic mass is 16.7. The standard InChI is InChI=1S/C17H32N2O12/c18-1-6-15(31-17-13(26)12(25)10(23)7(2-20)29-17)11(24)9(19)16(28-6)30-14-5(22)4-27-8(14)3-21/h5-17,20-26H,1-4,18-19H2/t5-,6-,7+,8+,9+,10+,11+,12-,13-,14-,15+,16-,17+/m0/s1. The minimum absolute atomic E-state index is 0.0520. The maximum atomic E-state index is 10.7. The van der Waals surface area contributed by atoms with Crippen LogP contribution in [0.2, 0.25) is 0 Å². The van der Waals surface area contributed by atoms with Crippen molar-refractivity contribution in [1.29, 1.82) is 0 Å². The van der Waals surface area contributed by atoms with Crippen molar-refractivity contribution in [2.24, 2.45) is 11.5 Å². The Labute approximate surface area is 177 Å². The van der Waals surface area contributed by atoms with Crippen molar-refractivity contribution in [1.82, 2.24) is 0 Å². The molecule has 0 unspecified atom stereocenters. The Hall–Kier alpha value is -0.560. The molecule has 0 radical (unpaired) electrons. The van der Waals surface area contributed by atoms with Gasteiger partial charge in [-0.25, -0.2) is 0 Å². The van der Waals surface area contributed by atoms with Crippen molar-refractivity contribution in [2.75, 3.05) is 26.4 Å². The molecule has 14 heteroatoms. The molecule has 3 aliphatic heterocycles. The number of hydrogen-bond donors (Lipinski definition) is 9. The lowest BCUT2D eigenvalue weighted by Gasteiger charge is -2.47. The smallest absolute Gasteiger partial charge is 0.187 e. The molecule has 31 heavy (non-hydrogen) atoms. The van der Waals surface area contributed by atoms with E-state index in [1.165, 1.54) is 0 Å². The molecule has 182 valence electrons. The zero-order valence-electron chi connectivity index (χ0n) is 16.7. The van der Waals surface area contributed by atoms with Crippen LogP contribution in [0.15, 0.2) is 0 Å². The molecule has 3 heterocycles. The molecular formula is C17H32N2O12. The Morgan fingerprint density at radius 3 is 1.97 bits per heavy atom. The van der Waals surface area contributed by atoms with E-state index in [0.717, 1.165) is 0 Å². The van der Waals surface area contributed by atoms with E-state index in [4.69, 9.17) is 35.2 Å². The van der Waals surface area contributed by atoms with E-state index < -0.39 is 92.9 Å². The molecule has 14 nitrogen and oxygen atoms in total. The van der Waals surface area contributed by atoms with E-state index in [-0.39, 0.29) is 13.2 Å². The predicted molar refractivity (Wildman–Crippen MR) is 98.0 cm³/mol. The number of nitrogens with two attached hydrogens (primary N) is 2. The summed E-state index contributed by atoms with van der Waals surface area (Å²) in [5, 5.41) is 69.4. The molecule has 3 fully saturated rings. The van der Waals surface area contributed by atoms with Gasteiger partial charge < -0.3 is 70.9 Å². The van der Waals surface area contributed by atoms with Gasteiger partial charge in [0.1, 0.15) is 61.0 Å². The molecule has 0 bridgehead atoms. The summed E-state index contributed by atoms with van der Waals surface area (Å²) in [5.74, 6) is 0. The lowest BCUT2D eigenvalue weighted by molar-refractivity contribution is -0.348. The number of aliphatic hydroxyl groups is 7. The first-order chi connectivity index (χ1) is 14.7. The van der Waals surface area contributed by atoms with Gasteiger partial charge in [0, 0.05) is 6.54 Å². The second-order valence-electron chi connectivity index (χ2n) is 7.87. The van der Waals surface area contributed by atoms with Crippen LogP contribution in [0.1, 0.15) is 0 Å². The fourth-order valence-electron chi connectivity index (χ4n) is 3.91. The largest absolute Gasteiger partial charge is 0.394 e. The van der Waals surface area contributed by atoms with Gasteiger partial charge in [-0.3, -0.25) is 0 Å². The second kappa shape index (κ2) is 10.6. The van der Waals surface area contributed by atoms with Crippen molar-refractivity contribution < 1.29 is 59.4 Å². The number of rotatable bonds is 7. The van der Waals surface area contributed by atoms with Gasteiger partial charge in [0.15, 0.2) is 12.6 Å². The molecule has 0 aromatic carbocycles. The van der Waals surface area contributed by atoms with Crippen molar-refractivity contribution in [3.63, 3.8) is 0 Å². The van der Waals surface area contributed by atoms with Crippen LogP contribution < -0.4 is 11.5 Å². The molecule has 11 N–H and O–H groups in total. The first-order valence-electron chi connectivity index (χ1n) is 10.0. The van der Waals surface area contributed by atoms with E-state index in [1.807, 2.05) is 0 Å². The van der Waals surface area contributed by atoms with Gasteiger partial charge in [-0.15, -0.1) is 0 Å². The summed E-state index contributed by atoms with van der Waals surface area (Å²) in [6.07, 6.45) is -15.3. The van der Waals surface area contributed by atoms with Gasteiger partial charge in [-0.1, -0.05) is 0 Å². The Bertz CT molecular complexity index is 571. The van der Waals surface area contributed by atoms with Crippen LogP contribution in [0.4, 0.5) is 0 Å². The topological polar surface area (TPSA) is 240 Å². The van der Waals surface area contributed by atoms with Gasteiger partial charge in [-0.2, -0.15) is 0 Å². The highest BCUT2D eigenvalue weighted by molar-refractivity contribution is 4.97. The van der Waals surface area contributed by atoms with Crippen molar-refractivity contribution >= 4 is 0 Å². The van der Waals surface area contributed by atoms with Crippen LogP contribution >= 0.6 is 0 Å². The molecule has 0 spiro atoms. The quantitative estimate of drug-likeness (QED) is 0.173. The SMILES string of the molecule is NC[C@@H]1O[C@@H](O[C@H]2[C@@H](O)CO[C@@H]2CO)[C@H](N)[C@@H](O)[C@@H]1O[C@H]1O[C@H](CO)[C@@H](O)[C@H](O)[C@@H]1O. The van der Waals surface area contributed by atoms with Crippen LogP contribution in [-0.4, -0.2) is 142 Å². The third kappa shape index (κ3) is 5.02. The lowest BCUT2D eigenvalue weighted by Crippen LogP contribution is -2.67. The fraction of sp³-hybridized carbons (Fsp3) is 1.00. The fourth-order valence-corrected chi connectivity index (χ4v) is 3.91. The van der Waals surface area contributed by atoms with Gasteiger partial charge in [0.2, 0.25) is 0 Å². The van der Waals surface area contributed by atoms with Crippen LogP contribution in [0.5, 0.6) is 0 Å². The number of aliphatic hydroxyl groups excluding tert-OH is 7. The van der Waals surface area contributed by atoms with E-state index >= 15 is 0 Å². The van der Waals surface area contributed by atoms with Crippen molar-refractivity contribution in [3.8, 4) is 0 Å². The van der Waals surface area contributed by atoms with Crippen LogP contribution in [-0.2, 0) is 23.7 Å². The highest BCUT2D eigenvalue weighted by Crippen LogP contribution is 2.30. The molecule has 0 aromatic heterocycles. The third-order valence-corrected chi connectivity index (χ3v) is 5.79. The van der Waals surface area contributed by atoms with Crippen LogP contribution in [0, 0.1) is 0 Å². The van der Waals surface area contributed by atoms with Crippen molar-refractivity contribution in [2.45, 2.75) is 79.7 Å². The summed E-state index contributed by atoms with van der Waals surface area (Å²) in [7, 11) is 0. The van der Waals surface area contributed by atoms with Gasteiger partial charge >= 0.3 is 0 Å². The molecule has 3 aliphatic rings. The minimum atomic E-state index is -1.69. The van der Waals surface area contributed by atoms with Crippen LogP contribution in [0.3, 0.4) is 0 Å². The van der Waals surface area contributed by atoms with E-state index in [1.54, 1.807) is 0 Å². The zero-order chi connectivity index (χ0) is 22.9. The summed E-state index contributed by atoms with van der Waals surface area (Å²) in [6, 6.07) is -1.19. The van der Waals surface area contributed by atoms with E-state index in [9.17, 15) is 35.7 Å². The average Bonchev–Trinajstić information content (AvgIpc) is 3.12. The lowest BCUT2D eigenvalue weighted by atomic mass is 9.95. The molecular weight excluding hydrogens is 424 g/mol. The average molecular weight is 456 g/mol. The number of ether oxygens (including phenoxy) is 5. The predicted octanol–water partition coefficient (Wildman–Crippen LogP) is -6.32. The van der Waals surface area contributed by atoms with Gasteiger partial charge in [-0.05, 0) is 0 Å². The highest BCUT2D eigenvalue weighted by Gasteiger charge is 2.51. The van der Waals surface area contributed by atoms with E-state index in [0.29, 0.717) is 0 Å². The number of hydrogen-bond acceptors (Lipinski definition) is 14. The second-order valence-corrected chi connectivity index (χ2v) is 7.87. The normalized spacial score (nSPS) is 51.2. The molecule has 0 aliphatic carbocycles. The minimum Gasteiger partial charge on any atom is -0.394 e. The summed E-state index contributed by atoms with van der Waals surface area (Å²) in [4.78, 5) is 0. The monoisotopic (exact) mass is 456 g/mol. The first-order valence-corrected chi connectivity index (χ1v) is 10.0. The maximum Gasteiger partial charge on any atom is 0.187 e. The summed E-state index contributed by atoms with van der Waals surface area (Å²) >= 11 is 0. The third-order valence-electron chi connectivity index (χ3n) is 5.79. The van der Waals surface area contributed by atoms with E-state index in [2.05, 4.69) is 0 Å². The Morgan fingerprint density at radius 1 is 0.742 bits per heavy atom. The molecule has 3 rings (SSSR count). The Balaban J connectivity index is 1.69.